The Labute approximate surface area is 107 Å². The average Bonchev–Trinajstić information content (AvgIpc) is 2.68. The zero-order valence-corrected chi connectivity index (χ0v) is 11.0. The van der Waals surface area contributed by atoms with Crippen LogP contribution in [0.2, 0.25) is 5.02 Å². The van der Waals surface area contributed by atoms with Crippen molar-refractivity contribution in [3.8, 4) is 0 Å². The van der Waals surface area contributed by atoms with Crippen molar-refractivity contribution in [3.05, 3.63) is 37.7 Å². The minimum absolute atomic E-state index is 0.149. The van der Waals surface area contributed by atoms with Gasteiger partial charge in [0.1, 0.15) is 10.0 Å². The van der Waals surface area contributed by atoms with Crippen molar-refractivity contribution in [1.82, 2.24) is 15.2 Å². The van der Waals surface area contributed by atoms with E-state index < -0.39 is 0 Å². The molecule has 0 saturated carbocycles. The van der Waals surface area contributed by atoms with Gasteiger partial charge in [-0.25, -0.2) is 10.1 Å². The first-order chi connectivity index (χ1) is 8.08. The van der Waals surface area contributed by atoms with Gasteiger partial charge in [0.25, 0.3) is 5.56 Å². The number of rotatable bonds is 3. The lowest BCUT2D eigenvalue weighted by Gasteiger charge is -2.17. The summed E-state index contributed by atoms with van der Waals surface area (Å²) in [5, 5.41) is 9.13. The van der Waals surface area contributed by atoms with Crippen LogP contribution in [-0.2, 0) is 6.54 Å². The molecular weight excluding hydrogens is 260 g/mol. The van der Waals surface area contributed by atoms with E-state index in [2.05, 4.69) is 15.2 Å². The first kappa shape index (κ1) is 12.1. The fourth-order valence-corrected chi connectivity index (χ4v) is 2.46. The van der Waals surface area contributed by atoms with Gasteiger partial charge in [-0.05, 0) is 6.92 Å². The topological polar surface area (TPSA) is 61.9 Å². The van der Waals surface area contributed by atoms with Crippen molar-refractivity contribution in [2.75, 3.05) is 11.9 Å². The van der Waals surface area contributed by atoms with Crippen LogP contribution in [0.4, 0.5) is 5.69 Å². The second-order valence-electron chi connectivity index (χ2n) is 3.64. The zero-order chi connectivity index (χ0) is 12.4. The molecule has 0 aliphatic carbocycles. The van der Waals surface area contributed by atoms with Crippen LogP contribution in [0.3, 0.4) is 0 Å². The van der Waals surface area contributed by atoms with Crippen LogP contribution in [-0.4, -0.2) is 22.2 Å². The minimum atomic E-state index is -0.383. The third kappa shape index (κ3) is 2.65. The molecule has 1 N–H and O–H groups in total. The second kappa shape index (κ2) is 4.85. The molecule has 7 heteroatoms. The lowest BCUT2D eigenvalue weighted by atomic mass is 10.4. The Morgan fingerprint density at radius 1 is 1.59 bits per heavy atom. The first-order valence-corrected chi connectivity index (χ1v) is 6.19. The lowest BCUT2D eigenvalue weighted by Crippen LogP contribution is -2.20. The number of nitrogens with zero attached hydrogens (tertiary/aromatic N) is 3. The number of thiazole rings is 1. The van der Waals surface area contributed by atoms with Gasteiger partial charge in [-0.2, -0.15) is 5.10 Å². The maximum atomic E-state index is 11.3. The van der Waals surface area contributed by atoms with Crippen LogP contribution < -0.4 is 10.5 Å². The van der Waals surface area contributed by atoms with Gasteiger partial charge in [0.05, 0.1) is 18.4 Å². The van der Waals surface area contributed by atoms with Crippen LogP contribution in [0.5, 0.6) is 0 Å². The maximum absolute atomic E-state index is 11.3. The van der Waals surface area contributed by atoms with Gasteiger partial charge in [0, 0.05) is 18.1 Å². The highest BCUT2D eigenvalue weighted by molar-refractivity contribution is 7.09. The number of anilines is 1. The Kier molecular flexibility index (Phi) is 3.44. The summed E-state index contributed by atoms with van der Waals surface area (Å²) < 4.78 is 0. The van der Waals surface area contributed by atoms with Gasteiger partial charge in [0.2, 0.25) is 0 Å². The quantitative estimate of drug-likeness (QED) is 0.924. The fraction of sp³-hybridized carbons (Fsp3) is 0.300. The van der Waals surface area contributed by atoms with Gasteiger partial charge in [0.15, 0.2) is 0 Å². The molecule has 0 radical (unpaired) electrons. The van der Waals surface area contributed by atoms with E-state index in [1.165, 1.54) is 6.20 Å². The van der Waals surface area contributed by atoms with Crippen LogP contribution in [0, 0.1) is 6.92 Å². The molecule has 2 rings (SSSR count). The Bertz CT molecular complexity index is 580. The summed E-state index contributed by atoms with van der Waals surface area (Å²) in [6.45, 7) is 2.55. The van der Waals surface area contributed by atoms with E-state index >= 15 is 0 Å². The van der Waals surface area contributed by atoms with Gasteiger partial charge in [-0.15, -0.1) is 11.3 Å². The highest BCUT2D eigenvalue weighted by Crippen LogP contribution is 2.21. The largest absolute Gasteiger partial charge is 0.365 e. The molecule has 5 nitrogen and oxygen atoms in total. The minimum Gasteiger partial charge on any atom is -0.365 e. The molecule has 17 heavy (non-hydrogen) atoms. The molecule has 2 heterocycles. The number of nitrogens with one attached hydrogen (secondary N) is 1. The number of hydrogen-bond donors (Lipinski definition) is 1. The summed E-state index contributed by atoms with van der Waals surface area (Å²) in [6.07, 6.45) is 1.53. The van der Waals surface area contributed by atoms with Crippen molar-refractivity contribution in [1.29, 1.82) is 0 Å². The van der Waals surface area contributed by atoms with Crippen molar-refractivity contribution in [2.24, 2.45) is 0 Å². The molecule has 0 spiro atoms. The molecule has 0 aliphatic rings. The number of aromatic amines is 1. The van der Waals surface area contributed by atoms with Crippen molar-refractivity contribution in [3.63, 3.8) is 0 Å². The van der Waals surface area contributed by atoms with Crippen LogP contribution in [0.25, 0.3) is 0 Å². The molecular formula is C10H11ClN4OS. The lowest BCUT2D eigenvalue weighted by molar-refractivity contribution is 0.882. The smallest absolute Gasteiger partial charge is 0.285 e. The van der Waals surface area contributed by atoms with Crippen LogP contribution >= 0.6 is 22.9 Å². The highest BCUT2D eigenvalue weighted by Gasteiger charge is 2.11. The Morgan fingerprint density at radius 2 is 2.35 bits per heavy atom. The molecule has 0 bridgehead atoms. The molecule has 0 fully saturated rings. The summed E-state index contributed by atoms with van der Waals surface area (Å²) in [5.74, 6) is 0. The van der Waals surface area contributed by atoms with Crippen molar-refractivity contribution < 1.29 is 0 Å². The standard InChI is InChI=1S/C10H11ClN4OS/c1-6-5-17-8(13-6)4-15(2)7-3-12-14-10(16)9(7)11/h3,5H,4H2,1-2H3,(H,14,16). The van der Waals surface area contributed by atoms with E-state index in [1.54, 1.807) is 11.3 Å². The third-order valence-corrected chi connectivity index (χ3v) is 3.54. The van der Waals surface area contributed by atoms with E-state index in [-0.39, 0.29) is 10.6 Å². The molecule has 2 aromatic heterocycles. The zero-order valence-electron chi connectivity index (χ0n) is 9.40. The molecule has 0 unspecified atom stereocenters. The Hall–Kier alpha value is -1.40. The first-order valence-electron chi connectivity index (χ1n) is 4.93. The molecule has 90 valence electrons. The summed E-state index contributed by atoms with van der Waals surface area (Å²) in [7, 11) is 1.85. The molecule has 0 atom stereocenters. The second-order valence-corrected chi connectivity index (χ2v) is 4.96. The Morgan fingerprint density at radius 3 is 3.00 bits per heavy atom. The van der Waals surface area contributed by atoms with Crippen LogP contribution in [0.15, 0.2) is 16.4 Å². The molecule has 2 aromatic rings. The third-order valence-electron chi connectivity index (χ3n) is 2.23. The molecule has 0 amide bonds. The fourth-order valence-electron chi connectivity index (χ4n) is 1.40. The SMILES string of the molecule is Cc1csc(CN(C)c2cn[nH]c(=O)c2Cl)n1. The summed E-state index contributed by atoms with van der Waals surface area (Å²) >= 11 is 7.50. The maximum Gasteiger partial charge on any atom is 0.285 e. The number of aryl methyl sites for hydroxylation is 1. The number of halogens is 1. The average molecular weight is 271 g/mol. The number of aromatic nitrogens is 3. The molecule has 0 aliphatic heterocycles. The van der Waals surface area contributed by atoms with Gasteiger partial charge in [-0.3, -0.25) is 4.79 Å². The predicted octanol–water partition coefficient (Wildman–Crippen LogP) is 1.82. The van der Waals surface area contributed by atoms with E-state index in [1.807, 2.05) is 24.3 Å². The predicted molar refractivity (Wildman–Crippen MR) is 68.8 cm³/mol. The summed E-state index contributed by atoms with van der Waals surface area (Å²) in [6, 6.07) is 0. The van der Waals surface area contributed by atoms with Gasteiger partial charge >= 0.3 is 0 Å². The number of hydrogen-bond acceptors (Lipinski definition) is 5. The van der Waals surface area contributed by atoms with E-state index in [0.717, 1.165) is 10.7 Å². The normalized spacial score (nSPS) is 10.5. The summed E-state index contributed by atoms with van der Waals surface area (Å²) in [5.41, 5.74) is 1.21. The Balaban J connectivity index is 2.23. The van der Waals surface area contributed by atoms with Gasteiger partial charge in [-0.1, -0.05) is 11.6 Å². The molecule has 0 aromatic carbocycles. The highest BCUT2D eigenvalue weighted by atomic mass is 35.5. The van der Waals surface area contributed by atoms with E-state index in [4.69, 9.17) is 11.6 Å². The van der Waals surface area contributed by atoms with Crippen molar-refractivity contribution in [2.45, 2.75) is 13.5 Å². The van der Waals surface area contributed by atoms with Crippen molar-refractivity contribution >= 4 is 28.6 Å². The number of H-pyrrole nitrogens is 1. The van der Waals surface area contributed by atoms with Crippen LogP contribution in [0.1, 0.15) is 10.7 Å². The summed E-state index contributed by atoms with van der Waals surface area (Å²) in [4.78, 5) is 17.5. The van der Waals surface area contributed by atoms with Gasteiger partial charge < -0.3 is 4.90 Å². The van der Waals surface area contributed by atoms with E-state index in [0.29, 0.717) is 12.2 Å². The monoisotopic (exact) mass is 270 g/mol. The van der Waals surface area contributed by atoms with E-state index in [9.17, 15) is 4.79 Å². The molecule has 0 saturated heterocycles.